The molecule has 0 unspecified atom stereocenters. The second-order valence-electron chi connectivity index (χ2n) is 5.27. The summed E-state index contributed by atoms with van der Waals surface area (Å²) in [5.74, 6) is 0.00753. The molecule has 0 aliphatic rings. The Kier molecular flexibility index (Phi) is 4.27. The van der Waals surface area contributed by atoms with Crippen molar-refractivity contribution in [2.75, 3.05) is 0 Å². The number of aromatic nitrogens is 4. The Morgan fingerprint density at radius 2 is 2.20 bits per heavy atom. The van der Waals surface area contributed by atoms with Crippen LogP contribution < -0.4 is 5.32 Å². The van der Waals surface area contributed by atoms with Crippen molar-refractivity contribution >= 4 is 28.8 Å². The summed E-state index contributed by atoms with van der Waals surface area (Å²) in [6, 6.07) is 0. The SMILES string of the molecule is CCC(C)(C)NC(=O)[C@@H](C)Sc1ncnc2nc[nH]c12. The Bertz CT molecular complexity index is 610. The Balaban J connectivity index is 2.09. The van der Waals surface area contributed by atoms with Gasteiger partial charge in [0.25, 0.3) is 0 Å². The summed E-state index contributed by atoms with van der Waals surface area (Å²) in [5.41, 5.74) is 1.19. The normalized spacial score (nSPS) is 13.4. The lowest BCUT2D eigenvalue weighted by atomic mass is 10.0. The van der Waals surface area contributed by atoms with Gasteiger partial charge in [-0.25, -0.2) is 15.0 Å². The summed E-state index contributed by atoms with van der Waals surface area (Å²) in [4.78, 5) is 27.6. The summed E-state index contributed by atoms with van der Waals surface area (Å²) >= 11 is 1.40. The van der Waals surface area contributed by atoms with Gasteiger partial charge in [-0.1, -0.05) is 18.7 Å². The summed E-state index contributed by atoms with van der Waals surface area (Å²) in [6.07, 6.45) is 3.93. The Morgan fingerprint density at radius 3 is 2.90 bits per heavy atom. The Morgan fingerprint density at radius 1 is 1.45 bits per heavy atom. The molecule has 2 N–H and O–H groups in total. The van der Waals surface area contributed by atoms with Gasteiger partial charge < -0.3 is 10.3 Å². The van der Waals surface area contributed by atoms with Crippen molar-refractivity contribution < 1.29 is 4.79 Å². The number of hydrogen-bond acceptors (Lipinski definition) is 5. The first kappa shape index (κ1) is 14.8. The van der Waals surface area contributed by atoms with Crippen molar-refractivity contribution in [1.29, 1.82) is 0 Å². The van der Waals surface area contributed by atoms with E-state index >= 15 is 0 Å². The van der Waals surface area contributed by atoms with Crippen molar-refractivity contribution in [2.24, 2.45) is 0 Å². The van der Waals surface area contributed by atoms with Crippen LogP contribution in [0.2, 0.25) is 0 Å². The van der Waals surface area contributed by atoms with Crippen LogP contribution in [-0.4, -0.2) is 36.6 Å². The van der Waals surface area contributed by atoms with Gasteiger partial charge in [0.15, 0.2) is 5.65 Å². The molecule has 20 heavy (non-hydrogen) atoms. The highest BCUT2D eigenvalue weighted by Crippen LogP contribution is 2.26. The van der Waals surface area contributed by atoms with Crippen LogP contribution in [-0.2, 0) is 4.79 Å². The highest BCUT2D eigenvalue weighted by atomic mass is 32.2. The molecule has 0 fully saturated rings. The number of aromatic amines is 1. The number of rotatable bonds is 5. The molecular formula is C13H19N5OS. The number of nitrogens with zero attached hydrogens (tertiary/aromatic N) is 3. The van der Waals surface area contributed by atoms with E-state index in [9.17, 15) is 4.79 Å². The van der Waals surface area contributed by atoms with Crippen molar-refractivity contribution in [3.63, 3.8) is 0 Å². The minimum atomic E-state index is -0.234. The van der Waals surface area contributed by atoms with Crippen LogP contribution in [0.4, 0.5) is 0 Å². The topological polar surface area (TPSA) is 83.6 Å². The molecular weight excluding hydrogens is 274 g/mol. The molecule has 0 saturated carbocycles. The maximum atomic E-state index is 12.2. The van der Waals surface area contributed by atoms with Crippen molar-refractivity contribution in [3.8, 4) is 0 Å². The van der Waals surface area contributed by atoms with E-state index in [1.165, 1.54) is 18.1 Å². The monoisotopic (exact) mass is 293 g/mol. The van der Waals surface area contributed by atoms with Gasteiger partial charge in [-0.05, 0) is 27.2 Å². The second-order valence-corrected chi connectivity index (χ2v) is 6.60. The number of carbonyl (C=O) groups excluding carboxylic acids is 1. The molecule has 7 heteroatoms. The predicted molar refractivity (Wildman–Crippen MR) is 79.5 cm³/mol. The maximum Gasteiger partial charge on any atom is 0.233 e. The van der Waals surface area contributed by atoms with Crippen molar-refractivity contribution in [2.45, 2.75) is 49.9 Å². The van der Waals surface area contributed by atoms with Crippen LogP contribution in [0.15, 0.2) is 17.7 Å². The fourth-order valence-electron chi connectivity index (χ4n) is 1.58. The third-order valence-corrected chi connectivity index (χ3v) is 4.29. The van der Waals surface area contributed by atoms with Gasteiger partial charge in [-0.3, -0.25) is 4.79 Å². The predicted octanol–water partition coefficient (Wildman–Crippen LogP) is 2.14. The van der Waals surface area contributed by atoms with Crippen LogP contribution in [0.3, 0.4) is 0 Å². The zero-order valence-electron chi connectivity index (χ0n) is 12.1. The average molecular weight is 293 g/mol. The maximum absolute atomic E-state index is 12.2. The minimum absolute atomic E-state index is 0.00753. The third kappa shape index (κ3) is 3.27. The number of thioether (sulfide) groups is 1. The van der Waals surface area contributed by atoms with Crippen LogP contribution >= 0.6 is 11.8 Å². The molecule has 0 spiro atoms. The first-order valence-corrected chi connectivity index (χ1v) is 7.43. The number of imidazole rings is 1. The molecule has 2 aromatic rings. The zero-order valence-corrected chi connectivity index (χ0v) is 12.9. The first-order chi connectivity index (χ1) is 9.43. The van der Waals surface area contributed by atoms with Crippen LogP contribution in [0.1, 0.15) is 34.1 Å². The lowest BCUT2D eigenvalue weighted by molar-refractivity contribution is -0.121. The van der Waals surface area contributed by atoms with Gasteiger partial charge in [0.05, 0.1) is 11.6 Å². The molecule has 6 nitrogen and oxygen atoms in total. The Hall–Kier alpha value is -1.63. The summed E-state index contributed by atoms with van der Waals surface area (Å²) < 4.78 is 0. The van der Waals surface area contributed by atoms with E-state index in [1.807, 2.05) is 20.8 Å². The summed E-state index contributed by atoms with van der Waals surface area (Å²) in [6.45, 7) is 7.95. The molecule has 1 atom stereocenters. The lowest BCUT2D eigenvalue weighted by Crippen LogP contribution is -2.46. The molecule has 0 saturated heterocycles. The van der Waals surface area contributed by atoms with Crippen LogP contribution in [0.5, 0.6) is 0 Å². The Labute approximate surface area is 122 Å². The molecule has 108 valence electrons. The molecule has 2 rings (SSSR count). The number of H-pyrrole nitrogens is 1. The van der Waals surface area contributed by atoms with Gasteiger partial charge in [-0.2, -0.15) is 0 Å². The molecule has 2 aromatic heterocycles. The summed E-state index contributed by atoms with van der Waals surface area (Å²) in [5, 5.41) is 3.55. The third-order valence-electron chi connectivity index (χ3n) is 3.19. The van der Waals surface area contributed by atoms with Gasteiger partial charge in [0, 0.05) is 5.54 Å². The average Bonchev–Trinajstić information content (AvgIpc) is 2.87. The molecule has 0 aliphatic heterocycles. The number of hydrogen-bond donors (Lipinski definition) is 2. The van der Waals surface area contributed by atoms with Gasteiger partial charge in [-0.15, -0.1) is 0 Å². The molecule has 0 bridgehead atoms. The number of fused-ring (bicyclic) bond motifs is 1. The molecule has 0 radical (unpaired) electrons. The zero-order chi connectivity index (χ0) is 14.8. The van der Waals surface area contributed by atoms with Gasteiger partial charge >= 0.3 is 0 Å². The number of carbonyl (C=O) groups is 1. The molecule has 0 aliphatic carbocycles. The standard InChI is InChI=1S/C13H19N5OS/c1-5-13(3,4)18-11(19)8(2)20-12-9-10(15-6-14-9)16-7-17-12/h6-8H,5H2,1-4H3,(H,18,19)(H,14,15,16,17)/t8-/m1/s1. The van der Waals surface area contributed by atoms with E-state index in [1.54, 1.807) is 6.33 Å². The molecule has 1 amide bonds. The van der Waals surface area contributed by atoms with E-state index < -0.39 is 0 Å². The fourth-order valence-corrected chi connectivity index (χ4v) is 2.45. The highest BCUT2D eigenvalue weighted by Gasteiger charge is 2.23. The van der Waals surface area contributed by atoms with Crippen LogP contribution in [0, 0.1) is 0 Å². The molecule has 2 heterocycles. The number of amides is 1. The van der Waals surface area contributed by atoms with Crippen molar-refractivity contribution in [3.05, 3.63) is 12.7 Å². The smallest absolute Gasteiger partial charge is 0.233 e. The minimum Gasteiger partial charge on any atom is -0.350 e. The molecule has 0 aromatic carbocycles. The van der Waals surface area contributed by atoms with E-state index in [0.717, 1.165) is 17.0 Å². The largest absolute Gasteiger partial charge is 0.350 e. The second kappa shape index (κ2) is 5.78. The first-order valence-electron chi connectivity index (χ1n) is 6.55. The summed E-state index contributed by atoms with van der Waals surface area (Å²) in [7, 11) is 0. The van der Waals surface area contributed by atoms with E-state index in [4.69, 9.17) is 0 Å². The number of nitrogens with one attached hydrogen (secondary N) is 2. The van der Waals surface area contributed by atoms with Gasteiger partial charge in [0.2, 0.25) is 5.91 Å². The quantitative estimate of drug-likeness (QED) is 0.652. The lowest BCUT2D eigenvalue weighted by Gasteiger charge is -2.26. The van der Waals surface area contributed by atoms with E-state index in [0.29, 0.717) is 5.65 Å². The van der Waals surface area contributed by atoms with Crippen LogP contribution in [0.25, 0.3) is 11.2 Å². The van der Waals surface area contributed by atoms with E-state index in [2.05, 4.69) is 32.2 Å². The fraction of sp³-hybridized carbons (Fsp3) is 0.538. The van der Waals surface area contributed by atoms with Gasteiger partial charge in [0.1, 0.15) is 16.9 Å². The highest BCUT2D eigenvalue weighted by molar-refractivity contribution is 8.00. The van der Waals surface area contributed by atoms with E-state index in [-0.39, 0.29) is 16.7 Å². The van der Waals surface area contributed by atoms with Crippen molar-refractivity contribution in [1.82, 2.24) is 25.3 Å².